The van der Waals surface area contributed by atoms with Crippen LogP contribution in [-0.4, -0.2) is 16.0 Å². The molecule has 0 aliphatic rings. The van der Waals surface area contributed by atoms with Gasteiger partial charge in [-0.15, -0.1) is 0 Å². The molecule has 176 valence electrons. The SMILES string of the molecule is CCCCCc1cccc(OC(CC)c2nc(CC(=O)Nc3c(Cl)cc(Cl)cc3Cl)no2)c1. The van der Waals surface area contributed by atoms with Crippen molar-refractivity contribution in [3.63, 3.8) is 0 Å². The van der Waals surface area contributed by atoms with E-state index < -0.39 is 6.10 Å². The summed E-state index contributed by atoms with van der Waals surface area (Å²) in [5, 5.41) is 7.44. The molecule has 1 aromatic heterocycles. The lowest BCUT2D eigenvalue weighted by atomic mass is 10.1. The number of aryl methyl sites for hydroxylation is 1. The summed E-state index contributed by atoms with van der Waals surface area (Å²) in [4.78, 5) is 16.8. The molecule has 0 saturated carbocycles. The molecule has 1 amide bonds. The summed E-state index contributed by atoms with van der Waals surface area (Å²) in [6.45, 7) is 4.16. The zero-order valence-electron chi connectivity index (χ0n) is 18.5. The zero-order valence-corrected chi connectivity index (χ0v) is 20.8. The molecule has 1 N–H and O–H groups in total. The number of carbonyl (C=O) groups excluding carboxylic acids is 1. The molecule has 2 aromatic carbocycles. The van der Waals surface area contributed by atoms with Gasteiger partial charge < -0.3 is 14.6 Å². The third kappa shape index (κ3) is 7.36. The molecule has 1 heterocycles. The number of nitrogens with one attached hydrogen (secondary N) is 1. The van der Waals surface area contributed by atoms with Gasteiger partial charge in [0.2, 0.25) is 5.91 Å². The number of rotatable bonds is 11. The molecule has 0 aliphatic heterocycles. The van der Waals surface area contributed by atoms with Crippen LogP contribution in [0.15, 0.2) is 40.9 Å². The van der Waals surface area contributed by atoms with Crippen LogP contribution in [0, 0.1) is 0 Å². The number of aromatic nitrogens is 2. The Morgan fingerprint density at radius 2 is 1.88 bits per heavy atom. The number of nitrogens with zero attached hydrogens (tertiary/aromatic N) is 2. The Labute approximate surface area is 208 Å². The third-order valence-electron chi connectivity index (χ3n) is 4.97. The van der Waals surface area contributed by atoms with E-state index in [1.54, 1.807) is 0 Å². The van der Waals surface area contributed by atoms with Gasteiger partial charge in [-0.05, 0) is 49.1 Å². The maximum atomic E-state index is 12.4. The molecule has 6 nitrogen and oxygen atoms in total. The molecule has 33 heavy (non-hydrogen) atoms. The average Bonchev–Trinajstić information content (AvgIpc) is 3.23. The minimum atomic E-state index is -0.416. The Morgan fingerprint density at radius 1 is 1.12 bits per heavy atom. The smallest absolute Gasteiger partial charge is 0.267 e. The molecule has 0 fully saturated rings. The predicted molar refractivity (Wildman–Crippen MR) is 131 cm³/mol. The number of unbranched alkanes of at least 4 members (excludes halogenated alkanes) is 2. The van der Waals surface area contributed by atoms with E-state index in [1.165, 1.54) is 30.5 Å². The molecule has 1 unspecified atom stereocenters. The summed E-state index contributed by atoms with van der Waals surface area (Å²) in [5.41, 5.74) is 1.52. The first-order chi connectivity index (χ1) is 15.9. The number of anilines is 1. The molecule has 0 radical (unpaired) electrons. The topological polar surface area (TPSA) is 77.2 Å². The maximum absolute atomic E-state index is 12.4. The van der Waals surface area contributed by atoms with Crippen molar-refractivity contribution >= 4 is 46.4 Å². The van der Waals surface area contributed by atoms with E-state index >= 15 is 0 Å². The molecular weight excluding hydrogens is 485 g/mol. The summed E-state index contributed by atoms with van der Waals surface area (Å²) >= 11 is 18.1. The van der Waals surface area contributed by atoms with Gasteiger partial charge in [0.1, 0.15) is 5.75 Å². The minimum absolute atomic E-state index is 0.109. The highest BCUT2D eigenvalue weighted by Gasteiger charge is 2.21. The van der Waals surface area contributed by atoms with Gasteiger partial charge in [-0.25, -0.2) is 0 Å². The van der Waals surface area contributed by atoms with Crippen LogP contribution in [0.2, 0.25) is 15.1 Å². The van der Waals surface area contributed by atoms with Crippen LogP contribution in [0.5, 0.6) is 5.75 Å². The van der Waals surface area contributed by atoms with E-state index in [9.17, 15) is 4.79 Å². The number of amides is 1. The van der Waals surface area contributed by atoms with Gasteiger partial charge >= 0.3 is 0 Å². The largest absolute Gasteiger partial charge is 0.481 e. The molecule has 0 saturated heterocycles. The molecule has 1 atom stereocenters. The Bertz CT molecular complexity index is 1060. The Hall–Kier alpha value is -2.28. The van der Waals surface area contributed by atoms with Crippen molar-refractivity contribution in [3.8, 4) is 5.75 Å². The second-order valence-corrected chi connectivity index (χ2v) is 8.89. The standard InChI is InChI=1S/C24H26Cl3N3O3/c1-3-5-6-8-15-9-7-10-17(11-15)32-20(4-2)24-28-21(30-33-24)14-22(31)29-23-18(26)12-16(25)13-19(23)27/h7,9-13,20H,3-6,8,14H2,1-2H3,(H,29,31). The molecule has 9 heteroatoms. The van der Waals surface area contributed by atoms with E-state index in [0.717, 1.165) is 18.6 Å². The first-order valence-electron chi connectivity index (χ1n) is 10.9. The van der Waals surface area contributed by atoms with E-state index in [2.05, 4.69) is 28.4 Å². The van der Waals surface area contributed by atoms with Gasteiger partial charge in [-0.1, -0.05) is 78.8 Å². The zero-order chi connectivity index (χ0) is 23.8. The number of ether oxygens (including phenoxy) is 1. The van der Waals surface area contributed by atoms with Gasteiger partial charge in [-0.3, -0.25) is 4.79 Å². The molecule has 0 aliphatic carbocycles. The lowest BCUT2D eigenvalue weighted by Crippen LogP contribution is -2.16. The fourth-order valence-electron chi connectivity index (χ4n) is 3.28. The summed E-state index contributed by atoms with van der Waals surface area (Å²) in [6.07, 6.45) is 4.66. The number of benzene rings is 2. The van der Waals surface area contributed by atoms with Crippen LogP contribution in [0.4, 0.5) is 5.69 Å². The van der Waals surface area contributed by atoms with Gasteiger partial charge in [0.25, 0.3) is 5.89 Å². The molecule has 0 spiro atoms. The van der Waals surface area contributed by atoms with Crippen molar-refractivity contribution in [2.45, 2.75) is 58.5 Å². The highest BCUT2D eigenvalue weighted by molar-refractivity contribution is 6.42. The quantitative estimate of drug-likeness (QED) is 0.271. The fraction of sp³-hybridized carbons (Fsp3) is 0.375. The molecule has 3 aromatic rings. The molecule has 0 bridgehead atoms. The van der Waals surface area contributed by atoms with Crippen molar-refractivity contribution in [3.05, 3.63) is 68.7 Å². The van der Waals surface area contributed by atoms with Crippen molar-refractivity contribution in [1.29, 1.82) is 0 Å². The Morgan fingerprint density at radius 3 is 2.58 bits per heavy atom. The molecular formula is C24H26Cl3N3O3. The van der Waals surface area contributed by atoms with Crippen LogP contribution in [0.1, 0.15) is 62.9 Å². The van der Waals surface area contributed by atoms with Gasteiger partial charge in [0.05, 0.1) is 22.2 Å². The summed E-state index contributed by atoms with van der Waals surface area (Å²) in [5.74, 6) is 0.918. The second kappa shape index (κ2) is 12.3. The van der Waals surface area contributed by atoms with Crippen LogP contribution in [0.3, 0.4) is 0 Å². The highest BCUT2D eigenvalue weighted by atomic mass is 35.5. The van der Waals surface area contributed by atoms with E-state index in [1.807, 2.05) is 25.1 Å². The maximum Gasteiger partial charge on any atom is 0.267 e. The fourth-order valence-corrected chi connectivity index (χ4v) is 4.20. The predicted octanol–water partition coefficient (Wildman–Crippen LogP) is 7.47. The van der Waals surface area contributed by atoms with Crippen molar-refractivity contribution in [1.82, 2.24) is 10.1 Å². The minimum Gasteiger partial charge on any atom is -0.481 e. The van der Waals surface area contributed by atoms with Crippen molar-refractivity contribution < 1.29 is 14.1 Å². The second-order valence-electron chi connectivity index (χ2n) is 7.64. The van der Waals surface area contributed by atoms with Crippen LogP contribution < -0.4 is 10.1 Å². The van der Waals surface area contributed by atoms with Gasteiger partial charge in [0.15, 0.2) is 11.9 Å². The van der Waals surface area contributed by atoms with Crippen LogP contribution in [-0.2, 0) is 17.6 Å². The first kappa shape index (κ1) is 25.3. The van der Waals surface area contributed by atoms with E-state index in [4.69, 9.17) is 44.1 Å². The van der Waals surface area contributed by atoms with Crippen LogP contribution >= 0.6 is 34.8 Å². The van der Waals surface area contributed by atoms with Crippen molar-refractivity contribution in [2.75, 3.05) is 5.32 Å². The highest BCUT2D eigenvalue weighted by Crippen LogP contribution is 2.33. The summed E-state index contributed by atoms with van der Waals surface area (Å²) < 4.78 is 11.5. The number of hydrogen-bond acceptors (Lipinski definition) is 5. The summed E-state index contributed by atoms with van der Waals surface area (Å²) in [6, 6.07) is 11.0. The monoisotopic (exact) mass is 509 g/mol. The summed E-state index contributed by atoms with van der Waals surface area (Å²) in [7, 11) is 0. The van der Waals surface area contributed by atoms with E-state index in [-0.39, 0.29) is 33.9 Å². The lowest BCUT2D eigenvalue weighted by molar-refractivity contribution is -0.115. The van der Waals surface area contributed by atoms with Crippen molar-refractivity contribution in [2.24, 2.45) is 0 Å². The number of carbonyl (C=O) groups is 1. The third-order valence-corrected chi connectivity index (χ3v) is 5.78. The normalized spacial score (nSPS) is 11.9. The van der Waals surface area contributed by atoms with Gasteiger partial charge in [-0.2, -0.15) is 4.98 Å². The van der Waals surface area contributed by atoms with Crippen LogP contribution in [0.25, 0.3) is 0 Å². The molecule has 3 rings (SSSR count). The number of hydrogen-bond donors (Lipinski definition) is 1. The average molecular weight is 511 g/mol. The van der Waals surface area contributed by atoms with Gasteiger partial charge in [0, 0.05) is 5.02 Å². The Kier molecular flexibility index (Phi) is 9.41. The number of halogens is 3. The van der Waals surface area contributed by atoms with E-state index in [0.29, 0.717) is 17.3 Å². The first-order valence-corrected chi connectivity index (χ1v) is 12.1. The lowest BCUT2D eigenvalue weighted by Gasteiger charge is -2.14. The Balaban J connectivity index is 1.62.